The van der Waals surface area contributed by atoms with Gasteiger partial charge in [-0.2, -0.15) is 0 Å². The molecule has 0 saturated carbocycles. The van der Waals surface area contributed by atoms with Crippen molar-refractivity contribution in [1.29, 1.82) is 0 Å². The van der Waals surface area contributed by atoms with E-state index in [1.165, 1.54) is 16.0 Å². The molecule has 0 unspecified atom stereocenters. The van der Waals surface area contributed by atoms with E-state index >= 15 is 0 Å². The number of nitrogens with one attached hydrogen (secondary N) is 1. The molecule has 0 fully saturated rings. The summed E-state index contributed by atoms with van der Waals surface area (Å²) in [6, 6.07) is 6.22. The van der Waals surface area contributed by atoms with Gasteiger partial charge >= 0.3 is 0 Å². The number of hydrogen-bond acceptors (Lipinski definition) is 2. The zero-order chi connectivity index (χ0) is 16.5. The van der Waals surface area contributed by atoms with E-state index in [9.17, 15) is 5.11 Å². The fourth-order valence-corrected chi connectivity index (χ4v) is 3.01. The van der Waals surface area contributed by atoms with Crippen LogP contribution in [0.5, 0.6) is 5.75 Å². The summed E-state index contributed by atoms with van der Waals surface area (Å²) in [6.07, 6.45) is 1.90. The summed E-state index contributed by atoms with van der Waals surface area (Å²) in [4.78, 5) is 1.47. The van der Waals surface area contributed by atoms with E-state index in [2.05, 4.69) is 46.8 Å². The van der Waals surface area contributed by atoms with Crippen LogP contribution in [0.1, 0.15) is 57.6 Å². The van der Waals surface area contributed by atoms with Crippen LogP contribution in [0, 0.1) is 6.92 Å². The van der Waals surface area contributed by atoms with E-state index in [4.69, 9.17) is 4.74 Å². The predicted octanol–water partition coefficient (Wildman–Crippen LogP) is 2.56. The lowest BCUT2D eigenvalue weighted by Crippen LogP contribution is -3.13. The van der Waals surface area contributed by atoms with Crippen LogP contribution < -0.4 is 9.64 Å². The molecule has 0 amide bonds. The highest BCUT2D eigenvalue weighted by Gasteiger charge is 2.14. The van der Waals surface area contributed by atoms with Gasteiger partial charge < -0.3 is 14.7 Å². The number of quaternary nitrogens is 1. The molecular formula is C19H34NO2+. The highest BCUT2D eigenvalue weighted by atomic mass is 16.5. The Morgan fingerprint density at radius 1 is 1.14 bits per heavy atom. The Kier molecular flexibility index (Phi) is 8.51. The van der Waals surface area contributed by atoms with Crippen LogP contribution in [-0.4, -0.2) is 37.5 Å². The number of aliphatic hydroxyl groups excluding tert-OH is 1. The van der Waals surface area contributed by atoms with Crippen LogP contribution >= 0.6 is 0 Å². The summed E-state index contributed by atoms with van der Waals surface area (Å²) in [5, 5.41) is 10.2. The van der Waals surface area contributed by atoms with E-state index in [1.54, 1.807) is 0 Å². The maximum absolute atomic E-state index is 10.2. The molecule has 3 nitrogen and oxygen atoms in total. The van der Waals surface area contributed by atoms with Gasteiger partial charge in [0.2, 0.25) is 0 Å². The second-order valence-corrected chi connectivity index (χ2v) is 6.59. The fourth-order valence-electron chi connectivity index (χ4n) is 3.01. The highest BCUT2D eigenvalue weighted by Crippen LogP contribution is 2.23. The standard InChI is InChI=1S/C19H33NO2/c1-6-10-20(11-7-2)13-17(21)14-22-18-8-9-19(15(3)4)16(5)12-18/h8-9,12,15,17,21H,6-7,10-11,13-14H2,1-5H3/p+1/t17-/m0/s1. The smallest absolute Gasteiger partial charge is 0.137 e. The van der Waals surface area contributed by atoms with Crippen molar-refractivity contribution in [3.63, 3.8) is 0 Å². The van der Waals surface area contributed by atoms with Gasteiger partial charge in [0.1, 0.15) is 25.0 Å². The molecule has 1 aromatic rings. The highest BCUT2D eigenvalue weighted by molar-refractivity contribution is 5.36. The maximum atomic E-state index is 10.2. The van der Waals surface area contributed by atoms with E-state index in [0.717, 1.165) is 38.2 Å². The SMILES string of the molecule is CCC[NH+](CCC)C[C@H](O)COc1ccc(C(C)C)c(C)c1. The molecule has 0 aromatic heterocycles. The van der Waals surface area contributed by atoms with E-state index in [0.29, 0.717) is 12.5 Å². The quantitative estimate of drug-likeness (QED) is 0.696. The van der Waals surface area contributed by atoms with Crippen molar-refractivity contribution in [2.24, 2.45) is 0 Å². The molecule has 0 aliphatic rings. The first-order chi connectivity index (χ1) is 10.5. The Morgan fingerprint density at radius 2 is 1.77 bits per heavy atom. The molecule has 0 heterocycles. The molecule has 0 saturated heterocycles. The number of aliphatic hydroxyl groups is 1. The fraction of sp³-hybridized carbons (Fsp3) is 0.684. The van der Waals surface area contributed by atoms with Crippen LogP contribution in [0.3, 0.4) is 0 Å². The Labute approximate surface area is 136 Å². The van der Waals surface area contributed by atoms with Crippen molar-refractivity contribution in [2.45, 2.75) is 59.5 Å². The number of ether oxygens (including phenoxy) is 1. The first-order valence-electron chi connectivity index (χ1n) is 8.72. The van der Waals surface area contributed by atoms with Gasteiger partial charge in [-0.3, -0.25) is 0 Å². The van der Waals surface area contributed by atoms with Crippen molar-refractivity contribution in [3.8, 4) is 5.75 Å². The van der Waals surface area contributed by atoms with Crippen LogP contribution in [0.2, 0.25) is 0 Å². The summed E-state index contributed by atoms with van der Waals surface area (Å²) in [5.41, 5.74) is 2.61. The molecule has 1 rings (SSSR count). The summed E-state index contributed by atoms with van der Waals surface area (Å²) in [5.74, 6) is 1.38. The summed E-state index contributed by atoms with van der Waals surface area (Å²) in [6.45, 7) is 14.3. The molecule has 22 heavy (non-hydrogen) atoms. The van der Waals surface area contributed by atoms with Crippen molar-refractivity contribution >= 4 is 0 Å². The lowest BCUT2D eigenvalue weighted by molar-refractivity contribution is -0.903. The molecule has 0 spiro atoms. The predicted molar refractivity (Wildman–Crippen MR) is 92.9 cm³/mol. The second kappa shape index (κ2) is 9.86. The third-order valence-electron chi connectivity index (χ3n) is 4.04. The minimum absolute atomic E-state index is 0.372. The molecule has 3 heteroatoms. The lowest BCUT2D eigenvalue weighted by atomic mass is 9.98. The molecular weight excluding hydrogens is 274 g/mol. The molecule has 0 radical (unpaired) electrons. The molecule has 1 atom stereocenters. The third-order valence-corrected chi connectivity index (χ3v) is 4.04. The van der Waals surface area contributed by atoms with Gasteiger partial charge in [0.15, 0.2) is 0 Å². The van der Waals surface area contributed by atoms with Crippen LogP contribution in [-0.2, 0) is 0 Å². The minimum atomic E-state index is -0.404. The number of rotatable bonds is 10. The topological polar surface area (TPSA) is 33.9 Å². The van der Waals surface area contributed by atoms with Gasteiger partial charge in [0.25, 0.3) is 0 Å². The first-order valence-corrected chi connectivity index (χ1v) is 8.72. The number of aryl methyl sites for hydroxylation is 1. The monoisotopic (exact) mass is 308 g/mol. The Balaban J connectivity index is 2.49. The second-order valence-electron chi connectivity index (χ2n) is 6.59. The molecule has 1 aromatic carbocycles. The van der Waals surface area contributed by atoms with Crippen molar-refractivity contribution in [3.05, 3.63) is 29.3 Å². The lowest BCUT2D eigenvalue weighted by Gasteiger charge is -2.21. The summed E-state index contributed by atoms with van der Waals surface area (Å²) < 4.78 is 5.78. The zero-order valence-electron chi connectivity index (χ0n) is 15.0. The van der Waals surface area contributed by atoms with E-state index in [-0.39, 0.29) is 0 Å². The normalized spacial score (nSPS) is 12.9. The average molecular weight is 308 g/mol. The third kappa shape index (κ3) is 6.37. The van der Waals surface area contributed by atoms with Gasteiger partial charge in [-0.1, -0.05) is 33.8 Å². The molecule has 126 valence electrons. The minimum Gasteiger partial charge on any atom is -0.491 e. The van der Waals surface area contributed by atoms with E-state index in [1.807, 2.05) is 6.07 Å². The maximum Gasteiger partial charge on any atom is 0.137 e. The summed E-state index contributed by atoms with van der Waals surface area (Å²) >= 11 is 0. The Hall–Kier alpha value is -1.06. The van der Waals surface area contributed by atoms with Crippen molar-refractivity contribution < 1.29 is 14.7 Å². The average Bonchev–Trinajstić information content (AvgIpc) is 2.45. The Bertz CT molecular complexity index is 425. The van der Waals surface area contributed by atoms with Crippen LogP contribution in [0.25, 0.3) is 0 Å². The van der Waals surface area contributed by atoms with Crippen molar-refractivity contribution in [2.75, 3.05) is 26.2 Å². The molecule has 0 aliphatic heterocycles. The van der Waals surface area contributed by atoms with Crippen LogP contribution in [0.15, 0.2) is 18.2 Å². The van der Waals surface area contributed by atoms with Crippen molar-refractivity contribution in [1.82, 2.24) is 0 Å². The van der Waals surface area contributed by atoms with Gasteiger partial charge in [-0.25, -0.2) is 0 Å². The van der Waals surface area contributed by atoms with Crippen LogP contribution in [0.4, 0.5) is 0 Å². The zero-order valence-corrected chi connectivity index (χ0v) is 15.0. The van der Waals surface area contributed by atoms with Gasteiger partial charge in [-0.15, -0.1) is 0 Å². The first kappa shape index (κ1) is 19.0. The molecule has 0 aliphatic carbocycles. The van der Waals surface area contributed by atoms with Gasteiger partial charge in [0, 0.05) is 0 Å². The number of benzene rings is 1. The number of hydrogen-bond donors (Lipinski definition) is 2. The molecule has 0 bridgehead atoms. The van der Waals surface area contributed by atoms with Gasteiger partial charge in [-0.05, 0) is 48.9 Å². The van der Waals surface area contributed by atoms with Gasteiger partial charge in [0.05, 0.1) is 13.1 Å². The van der Waals surface area contributed by atoms with E-state index < -0.39 is 6.10 Å². The largest absolute Gasteiger partial charge is 0.491 e. The molecule has 2 N–H and O–H groups in total. The Morgan fingerprint density at radius 3 is 2.27 bits per heavy atom. The summed E-state index contributed by atoms with van der Waals surface area (Å²) in [7, 11) is 0.